The summed E-state index contributed by atoms with van der Waals surface area (Å²) in [4.78, 5) is 2.46. The van der Waals surface area contributed by atoms with Gasteiger partial charge >= 0.3 is 0 Å². The number of rotatable bonds is 5. The van der Waals surface area contributed by atoms with Crippen molar-refractivity contribution in [3.63, 3.8) is 0 Å². The Kier molecular flexibility index (Phi) is 7.44. The molecule has 0 saturated carbocycles. The molecule has 0 atom stereocenters. The van der Waals surface area contributed by atoms with E-state index in [4.69, 9.17) is 16.3 Å². The Hall–Kier alpha value is -0.480. The fourth-order valence-corrected chi connectivity index (χ4v) is 2.16. The third kappa shape index (κ3) is 5.02. The highest BCUT2D eigenvalue weighted by Crippen LogP contribution is 2.23. The standard InChI is InChI=1S/C13H19ClN2O.ClH/c14-12-4-1-2-5-13(12)17-11-3-8-16-9-6-15-7-10-16;/h1-2,4-5,15H,3,6-11H2;1H/p-1. The van der Waals surface area contributed by atoms with E-state index in [0.717, 1.165) is 51.5 Å². The van der Waals surface area contributed by atoms with Crippen LogP contribution in [0.15, 0.2) is 24.3 Å². The largest absolute Gasteiger partial charge is 1.00 e. The Balaban J connectivity index is 0.00000162. The highest BCUT2D eigenvalue weighted by atomic mass is 35.5. The molecule has 0 unspecified atom stereocenters. The Morgan fingerprint density at radius 3 is 2.67 bits per heavy atom. The first-order valence-electron chi connectivity index (χ1n) is 6.16. The van der Waals surface area contributed by atoms with Crippen LogP contribution < -0.4 is 22.5 Å². The van der Waals surface area contributed by atoms with Crippen molar-refractivity contribution in [2.45, 2.75) is 6.42 Å². The third-order valence-electron chi connectivity index (χ3n) is 2.92. The van der Waals surface area contributed by atoms with Gasteiger partial charge in [0.05, 0.1) is 11.6 Å². The molecule has 102 valence electrons. The first-order chi connectivity index (χ1) is 8.36. The molecule has 0 aromatic heterocycles. The Bertz CT molecular complexity index is 344. The van der Waals surface area contributed by atoms with E-state index in [1.54, 1.807) is 0 Å². The van der Waals surface area contributed by atoms with Crippen LogP contribution in [0.25, 0.3) is 0 Å². The van der Waals surface area contributed by atoms with E-state index in [9.17, 15) is 0 Å². The SMILES string of the molecule is Clc1ccccc1OCCCN1CCNCC1.[Cl-]. The summed E-state index contributed by atoms with van der Waals surface area (Å²) in [5, 5.41) is 4.04. The van der Waals surface area contributed by atoms with Crippen LogP contribution in [0.5, 0.6) is 5.75 Å². The second kappa shape index (κ2) is 8.59. The summed E-state index contributed by atoms with van der Waals surface area (Å²) < 4.78 is 5.65. The lowest BCUT2D eigenvalue weighted by molar-refractivity contribution is -0.00000389. The van der Waals surface area contributed by atoms with Crippen LogP contribution in [-0.4, -0.2) is 44.2 Å². The Morgan fingerprint density at radius 1 is 1.22 bits per heavy atom. The predicted molar refractivity (Wildman–Crippen MR) is 70.9 cm³/mol. The van der Waals surface area contributed by atoms with Gasteiger partial charge in [0, 0.05) is 32.7 Å². The van der Waals surface area contributed by atoms with E-state index in [0.29, 0.717) is 5.02 Å². The van der Waals surface area contributed by atoms with E-state index in [1.807, 2.05) is 24.3 Å². The summed E-state index contributed by atoms with van der Waals surface area (Å²) in [6, 6.07) is 7.62. The van der Waals surface area contributed by atoms with Gasteiger partial charge in [0.15, 0.2) is 0 Å². The lowest BCUT2D eigenvalue weighted by Gasteiger charge is -2.26. The van der Waals surface area contributed by atoms with Crippen LogP contribution in [0.4, 0.5) is 0 Å². The van der Waals surface area contributed by atoms with Crippen molar-refractivity contribution in [3.05, 3.63) is 29.3 Å². The van der Waals surface area contributed by atoms with Gasteiger partial charge in [-0.2, -0.15) is 0 Å². The van der Waals surface area contributed by atoms with E-state index in [1.165, 1.54) is 0 Å². The maximum absolute atomic E-state index is 6.01. The fourth-order valence-electron chi connectivity index (χ4n) is 1.97. The number of hydrogen-bond donors (Lipinski definition) is 1. The minimum atomic E-state index is 0. The highest BCUT2D eigenvalue weighted by Gasteiger charge is 2.08. The summed E-state index contributed by atoms with van der Waals surface area (Å²) in [5.41, 5.74) is 0. The molecule has 1 fully saturated rings. The molecule has 0 aliphatic carbocycles. The average Bonchev–Trinajstić information content (AvgIpc) is 2.38. The molecule has 0 amide bonds. The topological polar surface area (TPSA) is 24.5 Å². The van der Waals surface area contributed by atoms with Crippen molar-refractivity contribution in [3.8, 4) is 5.75 Å². The molecule has 1 aliphatic heterocycles. The van der Waals surface area contributed by atoms with Gasteiger partial charge in [0.2, 0.25) is 0 Å². The summed E-state index contributed by atoms with van der Waals surface area (Å²) in [5.74, 6) is 0.787. The van der Waals surface area contributed by atoms with Crippen molar-refractivity contribution >= 4 is 11.6 Å². The first-order valence-corrected chi connectivity index (χ1v) is 6.54. The summed E-state index contributed by atoms with van der Waals surface area (Å²) in [7, 11) is 0. The van der Waals surface area contributed by atoms with Crippen molar-refractivity contribution in [2.24, 2.45) is 0 Å². The lowest BCUT2D eigenvalue weighted by Crippen LogP contribution is -3.00. The summed E-state index contributed by atoms with van der Waals surface area (Å²) >= 11 is 6.01. The van der Waals surface area contributed by atoms with Crippen LogP contribution >= 0.6 is 11.6 Å². The van der Waals surface area contributed by atoms with Crippen LogP contribution in [0.2, 0.25) is 5.02 Å². The molecular formula is C13H19Cl2N2O-. The molecule has 1 saturated heterocycles. The van der Waals surface area contributed by atoms with Crippen LogP contribution in [-0.2, 0) is 0 Å². The maximum atomic E-state index is 6.01. The molecule has 1 heterocycles. The van der Waals surface area contributed by atoms with Crippen molar-refractivity contribution < 1.29 is 17.1 Å². The molecule has 0 bridgehead atoms. The number of hydrogen-bond acceptors (Lipinski definition) is 3. The lowest BCUT2D eigenvalue weighted by atomic mass is 10.3. The average molecular weight is 290 g/mol. The van der Waals surface area contributed by atoms with Crippen LogP contribution in [0.1, 0.15) is 6.42 Å². The Labute approximate surface area is 120 Å². The number of ether oxygens (including phenoxy) is 1. The smallest absolute Gasteiger partial charge is 0.137 e. The molecule has 1 aliphatic rings. The van der Waals surface area contributed by atoms with Crippen molar-refractivity contribution in [1.29, 1.82) is 0 Å². The molecule has 18 heavy (non-hydrogen) atoms. The van der Waals surface area contributed by atoms with Crippen molar-refractivity contribution in [2.75, 3.05) is 39.3 Å². The summed E-state index contributed by atoms with van der Waals surface area (Å²) in [6.45, 7) is 6.33. The minimum absolute atomic E-state index is 0. The fraction of sp³-hybridized carbons (Fsp3) is 0.538. The van der Waals surface area contributed by atoms with Gasteiger partial charge in [-0.25, -0.2) is 0 Å². The van der Waals surface area contributed by atoms with Gasteiger partial charge in [-0.1, -0.05) is 23.7 Å². The molecule has 0 spiro atoms. The number of piperazine rings is 1. The molecule has 1 aromatic carbocycles. The van der Waals surface area contributed by atoms with Gasteiger partial charge in [0.25, 0.3) is 0 Å². The molecule has 1 aromatic rings. The zero-order valence-electron chi connectivity index (χ0n) is 10.4. The highest BCUT2D eigenvalue weighted by molar-refractivity contribution is 6.32. The normalized spacial score (nSPS) is 16.1. The second-order valence-electron chi connectivity index (χ2n) is 4.22. The number of nitrogens with zero attached hydrogens (tertiary/aromatic N) is 1. The van der Waals surface area contributed by atoms with Gasteiger partial charge in [-0.15, -0.1) is 0 Å². The van der Waals surface area contributed by atoms with E-state index < -0.39 is 0 Å². The van der Waals surface area contributed by atoms with E-state index in [2.05, 4.69) is 10.2 Å². The van der Waals surface area contributed by atoms with Crippen LogP contribution in [0.3, 0.4) is 0 Å². The second-order valence-corrected chi connectivity index (χ2v) is 4.63. The number of halogens is 2. The third-order valence-corrected chi connectivity index (χ3v) is 3.23. The maximum Gasteiger partial charge on any atom is 0.137 e. The molecule has 2 rings (SSSR count). The molecule has 0 radical (unpaired) electrons. The van der Waals surface area contributed by atoms with Gasteiger partial charge in [-0.05, 0) is 18.6 Å². The van der Waals surface area contributed by atoms with Crippen LogP contribution in [0, 0.1) is 0 Å². The number of nitrogens with one attached hydrogen (secondary N) is 1. The Morgan fingerprint density at radius 2 is 1.94 bits per heavy atom. The zero-order chi connectivity index (χ0) is 11.9. The monoisotopic (exact) mass is 289 g/mol. The number of benzene rings is 1. The molecule has 5 heteroatoms. The van der Waals surface area contributed by atoms with E-state index >= 15 is 0 Å². The van der Waals surface area contributed by atoms with E-state index in [-0.39, 0.29) is 12.4 Å². The first kappa shape index (κ1) is 15.6. The van der Waals surface area contributed by atoms with Gasteiger partial charge in [-0.3, -0.25) is 0 Å². The minimum Gasteiger partial charge on any atom is -1.00 e. The zero-order valence-corrected chi connectivity index (χ0v) is 11.9. The molecule has 1 N–H and O–H groups in total. The number of para-hydroxylation sites is 1. The predicted octanol–water partition coefficient (Wildman–Crippen LogP) is -0.982. The quantitative estimate of drug-likeness (QED) is 0.706. The molecule has 3 nitrogen and oxygen atoms in total. The van der Waals surface area contributed by atoms with Gasteiger partial charge < -0.3 is 27.4 Å². The molecular weight excluding hydrogens is 271 g/mol. The summed E-state index contributed by atoms with van der Waals surface area (Å²) in [6.07, 6.45) is 1.05. The van der Waals surface area contributed by atoms with Gasteiger partial charge in [0.1, 0.15) is 5.75 Å². The van der Waals surface area contributed by atoms with Crippen molar-refractivity contribution in [1.82, 2.24) is 10.2 Å².